The van der Waals surface area contributed by atoms with Crippen LogP contribution in [0.1, 0.15) is 59.8 Å². The lowest BCUT2D eigenvalue weighted by molar-refractivity contribution is -0.140. The molecule has 2 fully saturated rings. The molecule has 178 valence electrons. The summed E-state index contributed by atoms with van der Waals surface area (Å²) < 4.78 is 14.5. The van der Waals surface area contributed by atoms with Gasteiger partial charge in [-0.25, -0.2) is 9.37 Å². The summed E-state index contributed by atoms with van der Waals surface area (Å²) in [6.45, 7) is 6.63. The number of piperazine rings is 1. The Balaban J connectivity index is 1.42. The number of amides is 2. The van der Waals surface area contributed by atoms with Gasteiger partial charge in [-0.3, -0.25) is 14.5 Å². The standard InChI is InChI=1S/C26H30FN5O2/c1-17-15-31(9-10-32(17)26(34)19-5-3-4-6-19)16-21-11-22(27)12-24(18(21)2)30-25(33)20-7-8-23(13-28)29-14-20/h7-8,11-12,14,17,19H,3-6,9-10,15-16H2,1-2H3,(H,30,33)/t17-/m0/s1. The number of pyridine rings is 1. The van der Waals surface area contributed by atoms with Crippen LogP contribution >= 0.6 is 0 Å². The van der Waals surface area contributed by atoms with Gasteiger partial charge in [0, 0.05) is 50.0 Å². The van der Waals surface area contributed by atoms with Crippen LogP contribution in [0.3, 0.4) is 0 Å². The molecular weight excluding hydrogens is 433 g/mol. The van der Waals surface area contributed by atoms with Crippen molar-refractivity contribution in [1.82, 2.24) is 14.8 Å². The first-order valence-corrected chi connectivity index (χ1v) is 11.8. The van der Waals surface area contributed by atoms with Crippen molar-refractivity contribution < 1.29 is 14.0 Å². The topological polar surface area (TPSA) is 89.3 Å². The van der Waals surface area contributed by atoms with Crippen LogP contribution in [0.4, 0.5) is 10.1 Å². The largest absolute Gasteiger partial charge is 0.337 e. The van der Waals surface area contributed by atoms with E-state index in [0.717, 1.165) is 49.9 Å². The summed E-state index contributed by atoms with van der Waals surface area (Å²) in [5, 5.41) is 11.6. The number of nitrogens with zero attached hydrogens (tertiary/aromatic N) is 4. The average Bonchev–Trinajstić information content (AvgIpc) is 3.37. The third kappa shape index (κ3) is 5.26. The zero-order valence-corrected chi connectivity index (χ0v) is 19.7. The highest BCUT2D eigenvalue weighted by molar-refractivity contribution is 6.04. The molecule has 4 rings (SSSR count). The van der Waals surface area contributed by atoms with Crippen LogP contribution in [0.2, 0.25) is 0 Å². The molecule has 2 aliphatic rings. The van der Waals surface area contributed by atoms with Crippen molar-refractivity contribution >= 4 is 17.5 Å². The smallest absolute Gasteiger partial charge is 0.257 e. The number of rotatable bonds is 5. The van der Waals surface area contributed by atoms with Crippen LogP contribution in [-0.4, -0.2) is 52.3 Å². The van der Waals surface area contributed by atoms with Gasteiger partial charge in [0.2, 0.25) is 5.91 Å². The number of hydrogen-bond donors (Lipinski definition) is 1. The Kier molecular flexibility index (Phi) is 7.23. The van der Waals surface area contributed by atoms with E-state index >= 15 is 0 Å². The summed E-state index contributed by atoms with van der Waals surface area (Å²) in [4.78, 5) is 33.7. The Morgan fingerprint density at radius 2 is 2.00 bits per heavy atom. The normalized spacial score (nSPS) is 19.1. The predicted molar refractivity (Wildman–Crippen MR) is 126 cm³/mol. The average molecular weight is 464 g/mol. The maximum absolute atomic E-state index is 14.5. The Morgan fingerprint density at radius 3 is 2.65 bits per heavy atom. The highest BCUT2D eigenvalue weighted by Crippen LogP contribution is 2.29. The highest BCUT2D eigenvalue weighted by Gasteiger charge is 2.33. The molecule has 1 saturated heterocycles. The van der Waals surface area contributed by atoms with E-state index in [1.807, 2.05) is 17.9 Å². The van der Waals surface area contributed by atoms with Gasteiger partial charge >= 0.3 is 0 Å². The second-order valence-electron chi connectivity index (χ2n) is 9.33. The number of carbonyl (C=O) groups is 2. The summed E-state index contributed by atoms with van der Waals surface area (Å²) in [6.07, 6.45) is 5.62. The van der Waals surface area contributed by atoms with E-state index in [1.54, 1.807) is 0 Å². The highest BCUT2D eigenvalue weighted by atomic mass is 19.1. The number of benzene rings is 1. The molecule has 1 aliphatic heterocycles. The van der Waals surface area contributed by atoms with Crippen molar-refractivity contribution in [2.24, 2.45) is 5.92 Å². The van der Waals surface area contributed by atoms with Crippen molar-refractivity contribution in [3.63, 3.8) is 0 Å². The van der Waals surface area contributed by atoms with Gasteiger partial charge in [0.25, 0.3) is 5.91 Å². The molecule has 7 nitrogen and oxygen atoms in total. The van der Waals surface area contributed by atoms with Gasteiger partial charge < -0.3 is 10.2 Å². The van der Waals surface area contributed by atoms with Crippen LogP contribution < -0.4 is 5.32 Å². The molecular formula is C26H30FN5O2. The fourth-order valence-electron chi connectivity index (χ4n) is 4.97. The molecule has 34 heavy (non-hydrogen) atoms. The van der Waals surface area contributed by atoms with Crippen LogP contribution in [0.5, 0.6) is 0 Å². The number of halogens is 1. The Morgan fingerprint density at radius 1 is 1.24 bits per heavy atom. The second-order valence-corrected chi connectivity index (χ2v) is 9.33. The molecule has 2 heterocycles. The first kappa shape index (κ1) is 23.8. The van der Waals surface area contributed by atoms with Gasteiger partial charge in [-0.1, -0.05) is 12.8 Å². The van der Waals surface area contributed by atoms with Crippen molar-refractivity contribution in [2.45, 2.75) is 52.1 Å². The maximum atomic E-state index is 14.5. The monoisotopic (exact) mass is 463 g/mol. The molecule has 1 aromatic carbocycles. The molecule has 1 N–H and O–H groups in total. The minimum absolute atomic E-state index is 0.110. The lowest BCUT2D eigenvalue weighted by atomic mass is 10.0. The number of anilines is 1. The third-order valence-electron chi connectivity index (χ3n) is 6.96. The number of carbonyl (C=O) groups excluding carboxylic acids is 2. The second kappa shape index (κ2) is 10.3. The Bertz CT molecular complexity index is 1110. The third-order valence-corrected chi connectivity index (χ3v) is 6.96. The molecule has 8 heteroatoms. The lowest BCUT2D eigenvalue weighted by Gasteiger charge is -2.41. The molecule has 2 aromatic rings. The zero-order chi connectivity index (χ0) is 24.2. The summed E-state index contributed by atoms with van der Waals surface area (Å²) >= 11 is 0. The summed E-state index contributed by atoms with van der Waals surface area (Å²) in [5.41, 5.74) is 2.53. The van der Waals surface area contributed by atoms with Crippen molar-refractivity contribution in [3.8, 4) is 6.07 Å². The molecule has 0 radical (unpaired) electrons. The van der Waals surface area contributed by atoms with E-state index < -0.39 is 11.7 Å². The molecule has 1 aliphatic carbocycles. The maximum Gasteiger partial charge on any atom is 0.257 e. The van der Waals surface area contributed by atoms with Crippen LogP contribution in [0.15, 0.2) is 30.5 Å². The van der Waals surface area contributed by atoms with Gasteiger partial charge in [0.15, 0.2) is 0 Å². The molecule has 0 bridgehead atoms. The summed E-state index contributed by atoms with van der Waals surface area (Å²) in [7, 11) is 0. The quantitative estimate of drug-likeness (QED) is 0.727. The number of aromatic nitrogens is 1. The molecule has 1 atom stereocenters. The lowest BCUT2D eigenvalue weighted by Crippen LogP contribution is -2.54. The molecule has 1 saturated carbocycles. The number of nitriles is 1. The SMILES string of the molecule is Cc1c(CN2CCN(C(=O)C3CCCC3)[C@@H](C)C2)cc(F)cc1NC(=O)c1ccc(C#N)nc1. The van der Waals surface area contributed by atoms with Gasteiger partial charge in [-0.15, -0.1) is 0 Å². The first-order valence-electron chi connectivity index (χ1n) is 11.8. The van der Waals surface area contributed by atoms with Crippen molar-refractivity contribution in [2.75, 3.05) is 25.0 Å². The number of nitrogens with one attached hydrogen (secondary N) is 1. The van der Waals surface area contributed by atoms with E-state index in [4.69, 9.17) is 5.26 Å². The van der Waals surface area contributed by atoms with E-state index in [-0.39, 0.29) is 23.6 Å². The molecule has 2 amide bonds. The predicted octanol–water partition coefficient (Wildman–Crippen LogP) is 3.88. The first-order chi connectivity index (χ1) is 16.4. The van der Waals surface area contributed by atoms with Gasteiger partial charge in [-0.05, 0) is 62.1 Å². The summed E-state index contributed by atoms with van der Waals surface area (Å²) in [5.74, 6) is -0.368. The summed E-state index contributed by atoms with van der Waals surface area (Å²) in [6, 6.07) is 7.83. The van der Waals surface area contributed by atoms with Crippen LogP contribution in [0.25, 0.3) is 0 Å². The molecule has 0 unspecified atom stereocenters. The Labute approximate surface area is 199 Å². The van der Waals surface area contributed by atoms with Gasteiger partial charge in [-0.2, -0.15) is 5.26 Å². The van der Waals surface area contributed by atoms with E-state index in [2.05, 4.69) is 22.1 Å². The van der Waals surface area contributed by atoms with Gasteiger partial charge in [0.05, 0.1) is 5.56 Å². The van der Waals surface area contributed by atoms with Crippen molar-refractivity contribution in [3.05, 3.63) is 58.7 Å². The van der Waals surface area contributed by atoms with Crippen LogP contribution in [-0.2, 0) is 11.3 Å². The fourth-order valence-corrected chi connectivity index (χ4v) is 4.97. The number of hydrogen-bond acceptors (Lipinski definition) is 5. The van der Waals surface area contributed by atoms with Crippen molar-refractivity contribution in [1.29, 1.82) is 5.26 Å². The minimum atomic E-state index is -0.419. The molecule has 1 aromatic heterocycles. The minimum Gasteiger partial charge on any atom is -0.337 e. The zero-order valence-electron chi connectivity index (χ0n) is 19.7. The van der Waals surface area contributed by atoms with Crippen LogP contribution in [0, 0.1) is 30.0 Å². The molecule has 0 spiro atoms. The van der Waals surface area contributed by atoms with E-state index in [1.165, 1.54) is 30.5 Å². The van der Waals surface area contributed by atoms with Gasteiger partial charge in [0.1, 0.15) is 17.6 Å². The van der Waals surface area contributed by atoms with E-state index in [9.17, 15) is 14.0 Å². The Hall–Kier alpha value is -3.31. The fraction of sp³-hybridized carbons (Fsp3) is 0.462. The van der Waals surface area contributed by atoms with E-state index in [0.29, 0.717) is 24.3 Å².